The van der Waals surface area contributed by atoms with Crippen LogP contribution in [0.4, 0.5) is 0 Å². The van der Waals surface area contributed by atoms with Crippen molar-refractivity contribution in [2.45, 2.75) is 13.0 Å². The summed E-state index contributed by atoms with van der Waals surface area (Å²) < 4.78 is 5.51. The van der Waals surface area contributed by atoms with E-state index in [1.54, 1.807) is 0 Å². The minimum absolute atomic E-state index is 0.291. The number of rotatable bonds is 3. The normalized spacial score (nSPS) is 22.9. The minimum atomic E-state index is 0.291. The van der Waals surface area contributed by atoms with Gasteiger partial charge >= 0.3 is 0 Å². The predicted molar refractivity (Wildman–Crippen MR) is 58.7 cm³/mol. The highest BCUT2D eigenvalue weighted by atomic mass is 16.5. The third-order valence-corrected chi connectivity index (χ3v) is 2.80. The number of nitrogens with zero attached hydrogens (tertiary/aromatic N) is 2. The van der Waals surface area contributed by atoms with Crippen LogP contribution in [0.15, 0.2) is 18.9 Å². The van der Waals surface area contributed by atoms with E-state index in [9.17, 15) is 0 Å². The highest BCUT2D eigenvalue weighted by molar-refractivity contribution is 5.18. The highest BCUT2D eigenvalue weighted by Crippen LogP contribution is 2.24. The van der Waals surface area contributed by atoms with E-state index in [-0.39, 0.29) is 0 Å². The van der Waals surface area contributed by atoms with Crippen LogP contribution in [0, 0.1) is 6.92 Å². The lowest BCUT2D eigenvalue weighted by atomic mass is 10.1. The average Bonchev–Trinajstić information content (AvgIpc) is 2.66. The van der Waals surface area contributed by atoms with E-state index in [1.807, 2.05) is 12.3 Å². The quantitative estimate of drug-likeness (QED) is 0.759. The van der Waals surface area contributed by atoms with E-state index in [2.05, 4.69) is 28.6 Å². The molecule has 0 bridgehead atoms. The summed E-state index contributed by atoms with van der Waals surface area (Å²) in [5.74, 6) is 0. The Hall–Kier alpha value is -1.13. The number of aromatic amines is 1. The molecule has 0 aromatic carbocycles. The Bertz CT molecular complexity index is 334. The Labute approximate surface area is 89.9 Å². The molecule has 4 nitrogen and oxygen atoms in total. The molecule has 0 radical (unpaired) electrons. The Morgan fingerprint density at radius 3 is 3.33 bits per heavy atom. The second-order valence-electron chi connectivity index (χ2n) is 3.84. The van der Waals surface area contributed by atoms with Crippen LogP contribution in [0.25, 0.3) is 0 Å². The van der Waals surface area contributed by atoms with Gasteiger partial charge in [-0.05, 0) is 12.5 Å². The molecule has 15 heavy (non-hydrogen) atoms. The van der Waals surface area contributed by atoms with Gasteiger partial charge in [-0.25, -0.2) is 0 Å². The summed E-state index contributed by atoms with van der Waals surface area (Å²) in [6, 6.07) is 0.291. The van der Waals surface area contributed by atoms with Crippen molar-refractivity contribution in [1.82, 2.24) is 15.1 Å². The van der Waals surface area contributed by atoms with Gasteiger partial charge in [0.15, 0.2) is 0 Å². The summed E-state index contributed by atoms with van der Waals surface area (Å²) in [6.07, 6.45) is 3.79. The Balaban J connectivity index is 2.17. The third kappa shape index (κ3) is 2.11. The molecule has 1 aromatic heterocycles. The number of hydrogen-bond donors (Lipinski definition) is 1. The van der Waals surface area contributed by atoms with Crippen molar-refractivity contribution < 1.29 is 4.74 Å². The van der Waals surface area contributed by atoms with E-state index in [0.29, 0.717) is 6.04 Å². The maximum Gasteiger partial charge on any atom is 0.0758 e. The van der Waals surface area contributed by atoms with Crippen molar-refractivity contribution in [3.8, 4) is 0 Å². The fourth-order valence-electron chi connectivity index (χ4n) is 1.98. The highest BCUT2D eigenvalue weighted by Gasteiger charge is 2.25. The molecule has 4 heteroatoms. The van der Waals surface area contributed by atoms with Crippen LogP contribution in [0.2, 0.25) is 0 Å². The first-order chi connectivity index (χ1) is 7.33. The van der Waals surface area contributed by atoms with Gasteiger partial charge in [-0.3, -0.25) is 10.00 Å². The van der Waals surface area contributed by atoms with Crippen molar-refractivity contribution in [3.05, 3.63) is 30.1 Å². The molecule has 1 saturated heterocycles. The Morgan fingerprint density at radius 2 is 2.67 bits per heavy atom. The molecule has 1 aliphatic heterocycles. The van der Waals surface area contributed by atoms with Gasteiger partial charge in [0, 0.05) is 13.1 Å². The fourth-order valence-corrected chi connectivity index (χ4v) is 1.98. The summed E-state index contributed by atoms with van der Waals surface area (Å²) in [7, 11) is 0. The number of H-pyrrole nitrogens is 1. The second-order valence-corrected chi connectivity index (χ2v) is 3.84. The van der Waals surface area contributed by atoms with Gasteiger partial charge in [0.25, 0.3) is 0 Å². The molecular weight excluding hydrogens is 190 g/mol. The monoisotopic (exact) mass is 207 g/mol. The van der Waals surface area contributed by atoms with Crippen LogP contribution in [-0.4, -0.2) is 41.4 Å². The summed E-state index contributed by atoms with van der Waals surface area (Å²) in [5, 5.41) is 7.12. The topological polar surface area (TPSA) is 41.1 Å². The van der Waals surface area contributed by atoms with Crippen LogP contribution in [0.5, 0.6) is 0 Å². The van der Waals surface area contributed by atoms with Crippen molar-refractivity contribution in [1.29, 1.82) is 0 Å². The van der Waals surface area contributed by atoms with E-state index in [4.69, 9.17) is 4.74 Å². The standard InChI is InChI=1S/C11H17N3O/c1-3-4-14-5-6-15-8-10(14)11-9(2)7-12-13-11/h3,7,10H,1,4-6,8H2,2H3,(H,12,13). The summed E-state index contributed by atoms with van der Waals surface area (Å²) >= 11 is 0. The van der Waals surface area contributed by atoms with Gasteiger partial charge in [0.1, 0.15) is 0 Å². The zero-order valence-electron chi connectivity index (χ0n) is 9.07. The maximum atomic E-state index is 5.51. The van der Waals surface area contributed by atoms with Crippen molar-refractivity contribution in [2.24, 2.45) is 0 Å². The number of ether oxygens (including phenoxy) is 1. The number of aromatic nitrogens is 2. The van der Waals surface area contributed by atoms with Crippen molar-refractivity contribution in [3.63, 3.8) is 0 Å². The number of morpholine rings is 1. The molecule has 0 aliphatic carbocycles. The average molecular weight is 207 g/mol. The molecule has 2 heterocycles. The number of hydrogen-bond acceptors (Lipinski definition) is 3. The number of nitrogens with one attached hydrogen (secondary N) is 1. The third-order valence-electron chi connectivity index (χ3n) is 2.80. The molecule has 2 rings (SSSR count). The SMILES string of the molecule is C=CCN1CCOCC1c1[nH]ncc1C. The molecule has 82 valence electrons. The molecule has 0 spiro atoms. The van der Waals surface area contributed by atoms with Gasteiger partial charge < -0.3 is 4.74 Å². The molecule has 1 aromatic rings. The largest absolute Gasteiger partial charge is 0.378 e. The molecule has 1 atom stereocenters. The first-order valence-corrected chi connectivity index (χ1v) is 5.25. The Morgan fingerprint density at radius 1 is 1.80 bits per heavy atom. The van der Waals surface area contributed by atoms with Crippen LogP contribution < -0.4 is 0 Å². The van der Waals surface area contributed by atoms with E-state index >= 15 is 0 Å². The zero-order valence-corrected chi connectivity index (χ0v) is 9.07. The molecule has 0 amide bonds. The summed E-state index contributed by atoms with van der Waals surface area (Å²) in [5.41, 5.74) is 2.36. The molecule has 1 unspecified atom stereocenters. The lowest BCUT2D eigenvalue weighted by Crippen LogP contribution is -2.40. The van der Waals surface area contributed by atoms with Crippen LogP contribution in [0.1, 0.15) is 17.3 Å². The van der Waals surface area contributed by atoms with Gasteiger partial charge in [0.2, 0.25) is 0 Å². The summed E-state index contributed by atoms with van der Waals surface area (Å²) in [6.45, 7) is 9.24. The molecule has 1 N–H and O–H groups in total. The molecular formula is C11H17N3O. The van der Waals surface area contributed by atoms with Gasteiger partial charge in [-0.15, -0.1) is 6.58 Å². The smallest absolute Gasteiger partial charge is 0.0758 e. The van der Waals surface area contributed by atoms with E-state index in [0.717, 1.165) is 32.0 Å². The second kappa shape index (κ2) is 4.59. The van der Waals surface area contributed by atoms with Crippen LogP contribution in [-0.2, 0) is 4.74 Å². The number of aryl methyl sites for hydroxylation is 1. The first-order valence-electron chi connectivity index (χ1n) is 5.25. The maximum absolute atomic E-state index is 5.51. The first kappa shape index (κ1) is 10.4. The van der Waals surface area contributed by atoms with Gasteiger partial charge in [-0.2, -0.15) is 5.10 Å². The van der Waals surface area contributed by atoms with Gasteiger partial charge in [0.05, 0.1) is 31.1 Å². The Kier molecular flexibility index (Phi) is 3.18. The molecule has 1 fully saturated rings. The lowest BCUT2D eigenvalue weighted by Gasteiger charge is -2.34. The van der Waals surface area contributed by atoms with Crippen molar-refractivity contribution >= 4 is 0 Å². The van der Waals surface area contributed by atoms with Gasteiger partial charge in [-0.1, -0.05) is 6.08 Å². The summed E-state index contributed by atoms with van der Waals surface area (Å²) in [4.78, 5) is 2.36. The van der Waals surface area contributed by atoms with Crippen LogP contribution in [0.3, 0.4) is 0 Å². The zero-order chi connectivity index (χ0) is 10.7. The van der Waals surface area contributed by atoms with Crippen molar-refractivity contribution in [2.75, 3.05) is 26.3 Å². The molecule has 1 aliphatic rings. The van der Waals surface area contributed by atoms with Crippen LogP contribution >= 0.6 is 0 Å². The minimum Gasteiger partial charge on any atom is -0.378 e. The lowest BCUT2D eigenvalue weighted by molar-refractivity contribution is -0.00433. The predicted octanol–water partition coefficient (Wildman–Crippen LogP) is 1.28. The fraction of sp³-hybridized carbons (Fsp3) is 0.545. The van der Waals surface area contributed by atoms with E-state index in [1.165, 1.54) is 5.56 Å². The van der Waals surface area contributed by atoms with E-state index < -0.39 is 0 Å². The molecule has 0 saturated carbocycles.